The maximum absolute atomic E-state index is 6.13. The Morgan fingerprint density at radius 3 is 3.25 bits per heavy atom. The minimum absolute atomic E-state index is 0.240. The molecule has 0 saturated heterocycles. The highest BCUT2D eigenvalue weighted by atomic mass is 35.5. The molecule has 0 bridgehead atoms. The third-order valence-corrected chi connectivity index (χ3v) is 5.06. The van der Waals surface area contributed by atoms with E-state index in [9.17, 15) is 0 Å². The number of thiophene rings is 1. The van der Waals surface area contributed by atoms with Gasteiger partial charge in [0.25, 0.3) is 0 Å². The van der Waals surface area contributed by atoms with Crippen molar-refractivity contribution in [3.05, 3.63) is 39.2 Å². The van der Waals surface area contributed by atoms with Gasteiger partial charge in [-0.1, -0.05) is 11.6 Å². The summed E-state index contributed by atoms with van der Waals surface area (Å²) in [5, 5.41) is 2.74. The third-order valence-electron chi connectivity index (χ3n) is 3.86. The summed E-state index contributed by atoms with van der Waals surface area (Å²) >= 11 is 7.80. The van der Waals surface area contributed by atoms with E-state index >= 15 is 0 Å². The van der Waals surface area contributed by atoms with Crippen molar-refractivity contribution < 1.29 is 0 Å². The van der Waals surface area contributed by atoms with E-state index in [0.29, 0.717) is 11.0 Å². The normalized spacial score (nSPS) is 18.4. The van der Waals surface area contributed by atoms with Crippen LogP contribution in [0.15, 0.2) is 23.7 Å². The van der Waals surface area contributed by atoms with E-state index in [1.54, 1.807) is 6.20 Å². The smallest absolute Gasteiger partial charge is 0.203 e. The van der Waals surface area contributed by atoms with E-state index in [-0.39, 0.29) is 6.04 Å². The number of pyridine rings is 1. The van der Waals surface area contributed by atoms with Crippen molar-refractivity contribution in [2.45, 2.75) is 25.3 Å². The summed E-state index contributed by atoms with van der Waals surface area (Å²) in [6.45, 7) is 0. The molecule has 0 saturated carbocycles. The predicted molar refractivity (Wildman–Crippen MR) is 82.3 cm³/mol. The average molecular weight is 305 g/mol. The monoisotopic (exact) mass is 304 g/mol. The first-order chi connectivity index (χ1) is 9.74. The number of imidazole rings is 1. The highest BCUT2D eigenvalue weighted by molar-refractivity contribution is 7.10. The Kier molecular flexibility index (Phi) is 2.72. The fourth-order valence-electron chi connectivity index (χ4n) is 3.01. The first kappa shape index (κ1) is 12.2. The zero-order valence-electron chi connectivity index (χ0n) is 10.7. The number of aryl methyl sites for hydroxylation is 1. The molecule has 2 N–H and O–H groups in total. The molecule has 1 atom stereocenters. The number of rotatable bonds is 1. The fourth-order valence-corrected chi connectivity index (χ4v) is 4.15. The molecule has 20 heavy (non-hydrogen) atoms. The molecule has 3 aromatic heterocycles. The Morgan fingerprint density at radius 1 is 1.45 bits per heavy atom. The summed E-state index contributed by atoms with van der Waals surface area (Å²) in [7, 11) is 0. The van der Waals surface area contributed by atoms with E-state index < -0.39 is 0 Å². The van der Waals surface area contributed by atoms with Crippen molar-refractivity contribution in [2.24, 2.45) is 0 Å². The molecule has 4 rings (SSSR count). The molecule has 1 aliphatic carbocycles. The number of aromatic nitrogens is 3. The van der Waals surface area contributed by atoms with Crippen molar-refractivity contribution in [3.8, 4) is 0 Å². The van der Waals surface area contributed by atoms with Crippen molar-refractivity contribution in [2.75, 3.05) is 5.73 Å². The van der Waals surface area contributed by atoms with E-state index in [4.69, 9.17) is 17.3 Å². The maximum atomic E-state index is 6.13. The second-order valence-electron chi connectivity index (χ2n) is 5.04. The molecule has 102 valence electrons. The minimum atomic E-state index is 0.240. The largest absolute Gasteiger partial charge is 0.369 e. The SMILES string of the molecule is Nc1nc2cc(Cl)cnc2n1C1CCCc2sccc21. The lowest BCUT2D eigenvalue weighted by atomic mass is 9.94. The van der Waals surface area contributed by atoms with Gasteiger partial charge in [-0.2, -0.15) is 0 Å². The second kappa shape index (κ2) is 4.46. The van der Waals surface area contributed by atoms with Gasteiger partial charge in [0.05, 0.1) is 11.1 Å². The number of hydrogen-bond acceptors (Lipinski definition) is 4. The first-order valence-electron chi connectivity index (χ1n) is 6.59. The molecular weight excluding hydrogens is 292 g/mol. The topological polar surface area (TPSA) is 56.7 Å². The molecule has 0 radical (unpaired) electrons. The van der Waals surface area contributed by atoms with Crippen molar-refractivity contribution in [1.29, 1.82) is 0 Å². The molecule has 3 aromatic rings. The number of fused-ring (bicyclic) bond motifs is 2. The Hall–Kier alpha value is -1.59. The van der Waals surface area contributed by atoms with Gasteiger partial charge in [-0.3, -0.25) is 4.57 Å². The van der Waals surface area contributed by atoms with Crippen LogP contribution in [0.1, 0.15) is 29.3 Å². The van der Waals surface area contributed by atoms with E-state index in [1.165, 1.54) is 16.9 Å². The average Bonchev–Trinajstić information content (AvgIpc) is 3.01. The van der Waals surface area contributed by atoms with Crippen molar-refractivity contribution >= 4 is 40.0 Å². The molecule has 0 aromatic carbocycles. The summed E-state index contributed by atoms with van der Waals surface area (Å²) in [4.78, 5) is 10.3. The van der Waals surface area contributed by atoms with Gasteiger partial charge >= 0.3 is 0 Å². The number of nitrogens with two attached hydrogens (primary N) is 1. The van der Waals surface area contributed by atoms with Crippen LogP contribution in [0.3, 0.4) is 0 Å². The van der Waals surface area contributed by atoms with Gasteiger partial charge in [-0.25, -0.2) is 9.97 Å². The van der Waals surface area contributed by atoms with Crippen molar-refractivity contribution in [3.63, 3.8) is 0 Å². The van der Waals surface area contributed by atoms with Crippen LogP contribution in [0.5, 0.6) is 0 Å². The Balaban J connectivity index is 1.94. The van der Waals surface area contributed by atoms with Gasteiger partial charge < -0.3 is 5.73 Å². The zero-order chi connectivity index (χ0) is 13.7. The molecule has 0 spiro atoms. The second-order valence-corrected chi connectivity index (χ2v) is 6.48. The van der Waals surface area contributed by atoms with Crippen LogP contribution in [-0.2, 0) is 6.42 Å². The fraction of sp³-hybridized carbons (Fsp3) is 0.286. The van der Waals surface area contributed by atoms with Gasteiger partial charge in [0, 0.05) is 11.1 Å². The number of nitrogen functional groups attached to an aromatic ring is 1. The number of anilines is 1. The van der Waals surface area contributed by atoms with Gasteiger partial charge in [-0.05, 0) is 42.3 Å². The number of nitrogens with zero attached hydrogens (tertiary/aromatic N) is 3. The van der Waals surface area contributed by atoms with Crippen LogP contribution < -0.4 is 5.73 Å². The molecule has 1 aliphatic rings. The zero-order valence-corrected chi connectivity index (χ0v) is 12.3. The van der Waals surface area contributed by atoms with Crippen LogP contribution in [0.4, 0.5) is 5.95 Å². The van der Waals surface area contributed by atoms with Crippen LogP contribution >= 0.6 is 22.9 Å². The van der Waals surface area contributed by atoms with Gasteiger partial charge in [0.15, 0.2) is 5.65 Å². The van der Waals surface area contributed by atoms with Crippen LogP contribution in [0.25, 0.3) is 11.2 Å². The summed E-state index contributed by atoms with van der Waals surface area (Å²) < 4.78 is 2.05. The Labute approximate surface area is 125 Å². The lowest BCUT2D eigenvalue weighted by molar-refractivity contribution is 0.508. The minimum Gasteiger partial charge on any atom is -0.369 e. The molecule has 0 fully saturated rings. The lowest BCUT2D eigenvalue weighted by Gasteiger charge is -2.24. The molecular formula is C14H13ClN4S. The first-order valence-corrected chi connectivity index (χ1v) is 7.85. The van der Waals surface area contributed by atoms with Gasteiger partial charge in [0.2, 0.25) is 5.95 Å². The number of halogens is 1. The predicted octanol–water partition coefficient (Wildman–Crippen LogP) is 3.65. The molecule has 1 unspecified atom stereocenters. The van der Waals surface area contributed by atoms with E-state index in [2.05, 4.69) is 26.0 Å². The Morgan fingerprint density at radius 2 is 2.35 bits per heavy atom. The molecule has 3 heterocycles. The number of hydrogen-bond donors (Lipinski definition) is 1. The molecule has 0 aliphatic heterocycles. The van der Waals surface area contributed by atoms with Crippen LogP contribution in [0, 0.1) is 0 Å². The lowest BCUT2D eigenvalue weighted by Crippen LogP contribution is -2.17. The highest BCUT2D eigenvalue weighted by Gasteiger charge is 2.26. The highest BCUT2D eigenvalue weighted by Crippen LogP contribution is 2.38. The van der Waals surface area contributed by atoms with Crippen LogP contribution in [0.2, 0.25) is 5.02 Å². The standard InChI is InChI=1S/C14H13ClN4S/c15-8-6-10-13(17-7-8)19(14(16)18-10)11-2-1-3-12-9(11)4-5-20-12/h4-7,11H,1-3H2,(H2,16,18). The summed E-state index contributed by atoms with van der Waals surface area (Å²) in [5.74, 6) is 0.513. The molecule has 4 nitrogen and oxygen atoms in total. The van der Waals surface area contributed by atoms with Gasteiger partial charge in [-0.15, -0.1) is 11.3 Å². The summed E-state index contributed by atoms with van der Waals surface area (Å²) in [5.41, 5.74) is 9.07. The van der Waals surface area contributed by atoms with Crippen LogP contribution in [-0.4, -0.2) is 14.5 Å². The Bertz CT molecular complexity index is 792. The van der Waals surface area contributed by atoms with Crippen molar-refractivity contribution in [1.82, 2.24) is 14.5 Å². The molecule has 0 amide bonds. The third kappa shape index (κ3) is 1.73. The van der Waals surface area contributed by atoms with E-state index in [0.717, 1.165) is 24.0 Å². The quantitative estimate of drug-likeness (QED) is 0.746. The molecule has 6 heteroatoms. The summed E-state index contributed by atoms with van der Waals surface area (Å²) in [6, 6.07) is 4.25. The maximum Gasteiger partial charge on any atom is 0.203 e. The summed E-state index contributed by atoms with van der Waals surface area (Å²) in [6.07, 6.45) is 5.06. The van der Waals surface area contributed by atoms with E-state index in [1.807, 2.05) is 17.4 Å². The van der Waals surface area contributed by atoms with Gasteiger partial charge in [0.1, 0.15) is 5.52 Å².